The van der Waals surface area contributed by atoms with Gasteiger partial charge < -0.3 is 15.5 Å². The summed E-state index contributed by atoms with van der Waals surface area (Å²) in [6.07, 6.45) is 2.32. The molecule has 1 aromatic rings. The highest BCUT2D eigenvalue weighted by molar-refractivity contribution is 5.48. The van der Waals surface area contributed by atoms with Crippen LogP contribution < -0.4 is 10.6 Å². The summed E-state index contributed by atoms with van der Waals surface area (Å²) in [5.41, 5.74) is 8.62. The molecule has 18 heavy (non-hydrogen) atoms. The number of likely N-dealkylation sites (N-methyl/N-ethyl adjacent to an activating group) is 1. The molecule has 0 radical (unpaired) electrons. The SMILES string of the molecule is CCc1ccc(N2CCCN(C)C(CN)C2)cc1. The minimum absolute atomic E-state index is 0.471. The molecule has 2 rings (SSSR count). The second-order valence-electron chi connectivity index (χ2n) is 5.19. The molecule has 100 valence electrons. The van der Waals surface area contributed by atoms with Crippen LogP contribution in [0.4, 0.5) is 5.69 Å². The topological polar surface area (TPSA) is 32.5 Å². The maximum atomic E-state index is 5.88. The number of hydrogen-bond acceptors (Lipinski definition) is 3. The Balaban J connectivity index is 2.10. The Morgan fingerprint density at radius 3 is 2.56 bits per heavy atom. The molecule has 0 aliphatic carbocycles. The van der Waals surface area contributed by atoms with Gasteiger partial charge in [-0.05, 0) is 44.1 Å². The van der Waals surface area contributed by atoms with Gasteiger partial charge in [-0.2, -0.15) is 0 Å². The van der Waals surface area contributed by atoms with Crippen molar-refractivity contribution in [1.82, 2.24) is 4.90 Å². The van der Waals surface area contributed by atoms with E-state index in [1.807, 2.05) is 0 Å². The summed E-state index contributed by atoms with van der Waals surface area (Å²) in [7, 11) is 2.18. The first-order valence-corrected chi connectivity index (χ1v) is 6.98. The van der Waals surface area contributed by atoms with Gasteiger partial charge in [0.2, 0.25) is 0 Å². The average molecular weight is 247 g/mol. The van der Waals surface area contributed by atoms with E-state index in [-0.39, 0.29) is 0 Å². The van der Waals surface area contributed by atoms with Crippen molar-refractivity contribution in [3.63, 3.8) is 0 Å². The molecule has 1 heterocycles. The molecule has 0 saturated carbocycles. The van der Waals surface area contributed by atoms with Crippen molar-refractivity contribution in [2.75, 3.05) is 38.1 Å². The predicted molar refractivity (Wildman–Crippen MR) is 78.1 cm³/mol. The first-order valence-electron chi connectivity index (χ1n) is 6.98. The second kappa shape index (κ2) is 6.21. The standard InChI is InChI=1S/C15H25N3/c1-3-13-5-7-14(8-6-13)18-10-4-9-17(2)15(11-16)12-18/h5-8,15H,3-4,9-12,16H2,1-2H3. The van der Waals surface area contributed by atoms with Crippen molar-refractivity contribution in [1.29, 1.82) is 0 Å². The van der Waals surface area contributed by atoms with E-state index < -0.39 is 0 Å². The lowest BCUT2D eigenvalue weighted by molar-refractivity contribution is 0.266. The molecule has 0 bridgehead atoms. The van der Waals surface area contributed by atoms with E-state index in [0.29, 0.717) is 6.04 Å². The molecule has 1 saturated heterocycles. The Morgan fingerprint density at radius 2 is 1.94 bits per heavy atom. The minimum Gasteiger partial charge on any atom is -0.370 e. The number of anilines is 1. The van der Waals surface area contributed by atoms with Crippen molar-refractivity contribution in [3.8, 4) is 0 Å². The lowest BCUT2D eigenvalue weighted by Gasteiger charge is -2.29. The first kappa shape index (κ1) is 13.4. The molecule has 1 unspecified atom stereocenters. The van der Waals surface area contributed by atoms with E-state index in [9.17, 15) is 0 Å². The Kier molecular flexibility index (Phi) is 4.61. The van der Waals surface area contributed by atoms with Gasteiger partial charge in [-0.25, -0.2) is 0 Å². The van der Waals surface area contributed by atoms with Gasteiger partial charge in [0, 0.05) is 31.4 Å². The van der Waals surface area contributed by atoms with Crippen LogP contribution in [-0.2, 0) is 6.42 Å². The van der Waals surface area contributed by atoms with E-state index in [0.717, 1.165) is 32.6 Å². The average Bonchev–Trinajstić information content (AvgIpc) is 2.60. The molecule has 3 nitrogen and oxygen atoms in total. The van der Waals surface area contributed by atoms with E-state index in [4.69, 9.17) is 5.73 Å². The number of nitrogens with two attached hydrogens (primary N) is 1. The number of nitrogens with zero attached hydrogens (tertiary/aromatic N) is 2. The summed E-state index contributed by atoms with van der Waals surface area (Å²) in [5.74, 6) is 0. The van der Waals surface area contributed by atoms with Crippen LogP contribution in [0, 0.1) is 0 Å². The van der Waals surface area contributed by atoms with Gasteiger partial charge in [-0.3, -0.25) is 0 Å². The Labute approximate surface area is 111 Å². The van der Waals surface area contributed by atoms with Crippen molar-refractivity contribution in [2.24, 2.45) is 5.73 Å². The Hall–Kier alpha value is -1.06. The number of rotatable bonds is 3. The highest BCUT2D eigenvalue weighted by atomic mass is 15.2. The minimum atomic E-state index is 0.471. The van der Waals surface area contributed by atoms with E-state index >= 15 is 0 Å². The van der Waals surface area contributed by atoms with Gasteiger partial charge in [0.1, 0.15) is 0 Å². The first-order chi connectivity index (χ1) is 8.74. The third-order valence-electron chi connectivity index (χ3n) is 3.98. The highest BCUT2D eigenvalue weighted by Crippen LogP contribution is 2.19. The highest BCUT2D eigenvalue weighted by Gasteiger charge is 2.21. The van der Waals surface area contributed by atoms with Gasteiger partial charge in [0.25, 0.3) is 0 Å². The normalized spacial score (nSPS) is 21.9. The molecule has 0 amide bonds. The zero-order valence-electron chi connectivity index (χ0n) is 11.6. The molecule has 0 spiro atoms. The van der Waals surface area contributed by atoms with Crippen LogP contribution >= 0.6 is 0 Å². The fourth-order valence-electron chi connectivity index (χ4n) is 2.61. The van der Waals surface area contributed by atoms with E-state index in [2.05, 4.69) is 48.0 Å². The van der Waals surface area contributed by atoms with Gasteiger partial charge in [-0.1, -0.05) is 19.1 Å². The number of aryl methyl sites for hydroxylation is 1. The Bertz CT molecular complexity index is 361. The summed E-state index contributed by atoms with van der Waals surface area (Å²) in [5, 5.41) is 0. The van der Waals surface area contributed by atoms with Crippen molar-refractivity contribution in [2.45, 2.75) is 25.8 Å². The lowest BCUT2D eigenvalue weighted by atomic mass is 10.1. The van der Waals surface area contributed by atoms with Gasteiger partial charge in [0.15, 0.2) is 0 Å². The van der Waals surface area contributed by atoms with Crippen molar-refractivity contribution >= 4 is 5.69 Å². The summed E-state index contributed by atoms with van der Waals surface area (Å²) in [6.45, 7) is 6.25. The maximum Gasteiger partial charge on any atom is 0.0390 e. The molecule has 1 aliphatic rings. The quantitative estimate of drug-likeness (QED) is 0.883. The smallest absolute Gasteiger partial charge is 0.0390 e. The molecule has 1 aliphatic heterocycles. The molecular formula is C15H25N3. The van der Waals surface area contributed by atoms with E-state index in [1.165, 1.54) is 17.7 Å². The zero-order chi connectivity index (χ0) is 13.0. The van der Waals surface area contributed by atoms with Gasteiger partial charge in [0.05, 0.1) is 0 Å². The summed E-state index contributed by atoms with van der Waals surface area (Å²) in [6, 6.07) is 9.44. The fourth-order valence-corrected chi connectivity index (χ4v) is 2.61. The second-order valence-corrected chi connectivity index (χ2v) is 5.19. The monoisotopic (exact) mass is 247 g/mol. The summed E-state index contributed by atoms with van der Waals surface area (Å²) < 4.78 is 0. The van der Waals surface area contributed by atoms with Crippen molar-refractivity contribution < 1.29 is 0 Å². The number of benzene rings is 1. The fraction of sp³-hybridized carbons (Fsp3) is 0.600. The van der Waals surface area contributed by atoms with Gasteiger partial charge >= 0.3 is 0 Å². The summed E-state index contributed by atoms with van der Waals surface area (Å²) in [4.78, 5) is 4.86. The third-order valence-corrected chi connectivity index (χ3v) is 3.98. The third kappa shape index (κ3) is 3.03. The number of hydrogen-bond donors (Lipinski definition) is 1. The van der Waals surface area contributed by atoms with Crippen LogP contribution in [0.15, 0.2) is 24.3 Å². The molecule has 2 N–H and O–H groups in total. The zero-order valence-corrected chi connectivity index (χ0v) is 11.6. The summed E-state index contributed by atoms with van der Waals surface area (Å²) >= 11 is 0. The Morgan fingerprint density at radius 1 is 1.22 bits per heavy atom. The van der Waals surface area contributed by atoms with Crippen LogP contribution in [0.1, 0.15) is 18.9 Å². The molecular weight excluding hydrogens is 222 g/mol. The largest absolute Gasteiger partial charge is 0.370 e. The van der Waals surface area contributed by atoms with E-state index in [1.54, 1.807) is 0 Å². The van der Waals surface area contributed by atoms with Crippen LogP contribution in [-0.4, -0.2) is 44.2 Å². The van der Waals surface area contributed by atoms with Crippen LogP contribution in [0.25, 0.3) is 0 Å². The molecule has 1 atom stereocenters. The van der Waals surface area contributed by atoms with Crippen molar-refractivity contribution in [3.05, 3.63) is 29.8 Å². The van der Waals surface area contributed by atoms with Crippen LogP contribution in [0.5, 0.6) is 0 Å². The molecule has 3 heteroatoms. The lowest BCUT2D eigenvalue weighted by Crippen LogP contribution is -2.43. The van der Waals surface area contributed by atoms with Crippen LogP contribution in [0.3, 0.4) is 0 Å². The van der Waals surface area contributed by atoms with Crippen LogP contribution in [0.2, 0.25) is 0 Å². The predicted octanol–water partition coefficient (Wildman–Crippen LogP) is 1.72. The molecule has 1 aromatic carbocycles. The maximum absolute atomic E-state index is 5.88. The van der Waals surface area contributed by atoms with Gasteiger partial charge in [-0.15, -0.1) is 0 Å². The molecule has 1 fully saturated rings. The molecule has 0 aromatic heterocycles.